The lowest BCUT2D eigenvalue weighted by molar-refractivity contribution is -0.693. The number of likely N-dealkylation sites (N-methyl/N-ethyl adjacent to an activating group) is 1. The first-order valence-electron chi connectivity index (χ1n) is 25.1. The molecule has 2 saturated heterocycles. The average molecular weight is 942 g/mol. The van der Waals surface area contributed by atoms with Gasteiger partial charge in [0.1, 0.15) is 29.4 Å². The van der Waals surface area contributed by atoms with Crippen molar-refractivity contribution in [2.24, 2.45) is 26.8 Å². The molecule has 16 heteroatoms. The molecule has 3 atom stereocenters. The second-order valence-electron chi connectivity index (χ2n) is 19.1. The number of hydrogen-bond donors (Lipinski definition) is 4. The van der Waals surface area contributed by atoms with Gasteiger partial charge in [-0.15, -0.1) is 0 Å². The zero-order chi connectivity index (χ0) is 48.4. The van der Waals surface area contributed by atoms with E-state index in [4.69, 9.17) is 25.3 Å². The van der Waals surface area contributed by atoms with Gasteiger partial charge < -0.3 is 40.6 Å². The Morgan fingerprint density at radius 2 is 1.86 bits per heavy atom. The highest BCUT2D eigenvalue weighted by atomic mass is 16.5. The van der Waals surface area contributed by atoms with E-state index in [2.05, 4.69) is 57.7 Å². The summed E-state index contributed by atoms with van der Waals surface area (Å²) in [6.07, 6.45) is 18.3. The lowest BCUT2D eigenvalue weighted by Crippen LogP contribution is -2.91. The van der Waals surface area contributed by atoms with Crippen molar-refractivity contribution in [1.29, 1.82) is 0 Å². The highest BCUT2D eigenvalue weighted by Crippen LogP contribution is 2.39. The summed E-state index contributed by atoms with van der Waals surface area (Å²) in [6.45, 7) is 6.79. The number of unbranched alkanes of at least 4 members (excludes halogenated alkanes) is 1. The number of hydrogen-bond acceptors (Lipinski definition) is 12. The van der Waals surface area contributed by atoms with Crippen LogP contribution in [0.15, 0.2) is 75.2 Å². The van der Waals surface area contributed by atoms with E-state index >= 15 is 0 Å². The fourth-order valence-electron chi connectivity index (χ4n) is 10.7. The van der Waals surface area contributed by atoms with E-state index in [1.165, 1.54) is 12.8 Å². The number of amides is 4. The number of piperazine rings is 1. The fraction of sp³-hybridized carbons (Fsp3) is 0.528. The van der Waals surface area contributed by atoms with Crippen molar-refractivity contribution >= 4 is 47.1 Å². The number of aliphatic imine (C=N–C) groups is 2. The number of carbonyl (C=O) groups is 4. The monoisotopic (exact) mass is 942 g/mol. The number of ether oxygens (including phenoxy) is 2. The number of benzene rings is 2. The van der Waals surface area contributed by atoms with Crippen molar-refractivity contribution in [2.75, 3.05) is 39.2 Å². The van der Waals surface area contributed by atoms with Gasteiger partial charge in [-0.25, -0.2) is 4.99 Å². The van der Waals surface area contributed by atoms with Gasteiger partial charge in [-0.2, -0.15) is 5.10 Å². The Labute approximate surface area is 406 Å². The Bertz CT molecular complexity index is 2470. The van der Waals surface area contributed by atoms with Crippen molar-refractivity contribution in [3.05, 3.63) is 82.3 Å². The number of allylic oxidation sites excluding steroid dienone is 1. The maximum absolute atomic E-state index is 13.6. The van der Waals surface area contributed by atoms with Gasteiger partial charge in [-0.3, -0.25) is 29.5 Å². The number of fused-ring (bicyclic) bond motifs is 2. The third-order valence-corrected chi connectivity index (χ3v) is 14.6. The molecule has 6 aliphatic rings. The minimum Gasteiger partial charge on any atom is -0.495 e. The van der Waals surface area contributed by atoms with E-state index in [9.17, 15) is 19.2 Å². The van der Waals surface area contributed by atoms with Crippen LogP contribution in [0, 0.1) is 17.8 Å². The van der Waals surface area contributed by atoms with Crippen molar-refractivity contribution in [2.45, 2.75) is 140 Å². The van der Waals surface area contributed by atoms with Crippen molar-refractivity contribution in [1.82, 2.24) is 20.0 Å². The molecule has 366 valence electrons. The maximum atomic E-state index is 13.6. The number of amidine groups is 1. The van der Waals surface area contributed by atoms with Gasteiger partial charge in [0.05, 0.1) is 55.6 Å². The van der Waals surface area contributed by atoms with Gasteiger partial charge in [0.25, 0.3) is 5.91 Å². The molecule has 16 nitrogen and oxygen atoms in total. The molecule has 2 aliphatic carbocycles. The molecule has 8 rings (SSSR count). The highest BCUT2D eigenvalue weighted by Gasteiger charge is 2.43. The fourth-order valence-corrected chi connectivity index (χ4v) is 10.7. The average Bonchev–Trinajstić information content (AvgIpc) is 4.01. The van der Waals surface area contributed by atoms with Crippen molar-refractivity contribution in [3.8, 4) is 17.6 Å². The minimum atomic E-state index is -0.642. The first kappa shape index (κ1) is 49.1. The quantitative estimate of drug-likeness (QED) is 0.0475. The SMILES string of the molecule is CCC1C(=O)N(C)C2=C/N=C(Nc3ccc(/C(C=NC4CCC([NH2+]CCOCCCC#Cc5cccc6c5CN(C5CCC(=O)NC5=O)C6=O)CC4)=N/N)cc3OC)C(C)C\C=C\2N1C1CCCC1. The number of piperidine rings is 1. The summed E-state index contributed by atoms with van der Waals surface area (Å²) in [5, 5.41) is 12.4. The number of nitrogens with zero attached hydrogens (tertiary/aromatic N) is 6. The molecular formula is C53H69N10O6+. The summed E-state index contributed by atoms with van der Waals surface area (Å²) in [5.74, 6) is 13.1. The molecule has 3 unspecified atom stereocenters. The molecule has 69 heavy (non-hydrogen) atoms. The molecule has 0 bridgehead atoms. The molecule has 0 aromatic heterocycles. The third kappa shape index (κ3) is 11.3. The Hall–Kier alpha value is -6.31. The van der Waals surface area contributed by atoms with Gasteiger partial charge in [0.2, 0.25) is 17.7 Å². The van der Waals surface area contributed by atoms with Gasteiger partial charge in [-0.05, 0) is 81.2 Å². The Morgan fingerprint density at radius 1 is 1.04 bits per heavy atom. The molecule has 4 fully saturated rings. The number of imide groups is 1. The summed E-state index contributed by atoms with van der Waals surface area (Å²) in [7, 11) is 3.51. The molecule has 4 heterocycles. The highest BCUT2D eigenvalue weighted by molar-refractivity contribution is 6.38. The number of quaternary nitrogens is 1. The van der Waals surface area contributed by atoms with E-state index in [0.29, 0.717) is 61.7 Å². The van der Waals surface area contributed by atoms with Crippen LogP contribution >= 0.6 is 0 Å². The maximum Gasteiger partial charge on any atom is 0.255 e. The van der Waals surface area contributed by atoms with Crippen molar-refractivity contribution < 1.29 is 34.0 Å². The number of rotatable bonds is 15. The van der Waals surface area contributed by atoms with E-state index < -0.39 is 11.9 Å². The predicted molar refractivity (Wildman–Crippen MR) is 266 cm³/mol. The molecular weight excluding hydrogens is 873 g/mol. The van der Waals surface area contributed by atoms with Gasteiger partial charge >= 0.3 is 0 Å². The zero-order valence-corrected chi connectivity index (χ0v) is 40.7. The van der Waals surface area contributed by atoms with Crippen LogP contribution in [0.25, 0.3) is 0 Å². The van der Waals surface area contributed by atoms with Crippen molar-refractivity contribution in [3.63, 3.8) is 0 Å². The van der Waals surface area contributed by atoms with Crippen LogP contribution in [0.5, 0.6) is 5.75 Å². The summed E-state index contributed by atoms with van der Waals surface area (Å²) in [6, 6.07) is 11.7. The van der Waals surface area contributed by atoms with Gasteiger partial charge in [0, 0.05) is 80.7 Å². The largest absolute Gasteiger partial charge is 0.495 e. The normalized spacial score (nSPS) is 26.0. The number of carbonyl (C=O) groups excluding carboxylic acids is 4. The van der Waals surface area contributed by atoms with Crippen LogP contribution in [-0.2, 0) is 25.7 Å². The van der Waals surface area contributed by atoms with Crippen LogP contribution < -0.4 is 26.5 Å². The van der Waals surface area contributed by atoms with Crippen LogP contribution in [0.2, 0.25) is 0 Å². The summed E-state index contributed by atoms with van der Waals surface area (Å²) in [5.41, 5.74) is 6.33. The number of anilines is 1. The summed E-state index contributed by atoms with van der Waals surface area (Å²) in [4.78, 5) is 66.4. The third-order valence-electron chi connectivity index (χ3n) is 14.6. The Kier molecular flexibility index (Phi) is 16.3. The molecule has 6 N–H and O–H groups in total. The topological polar surface area (TPSA) is 200 Å². The molecule has 2 aromatic rings. The first-order chi connectivity index (χ1) is 33.6. The first-order valence-corrected chi connectivity index (χ1v) is 25.1. The predicted octanol–water partition coefficient (Wildman–Crippen LogP) is 4.98. The van der Waals surface area contributed by atoms with Crippen LogP contribution in [0.3, 0.4) is 0 Å². The molecule has 0 radical (unpaired) electrons. The zero-order valence-electron chi connectivity index (χ0n) is 40.7. The van der Waals surface area contributed by atoms with E-state index in [1.807, 2.05) is 43.6 Å². The van der Waals surface area contributed by atoms with Gasteiger partial charge in [-0.1, -0.05) is 56.7 Å². The van der Waals surface area contributed by atoms with E-state index in [0.717, 1.165) is 104 Å². The van der Waals surface area contributed by atoms with Gasteiger partial charge in [0.15, 0.2) is 0 Å². The lowest BCUT2D eigenvalue weighted by atomic mass is 9.91. The smallest absolute Gasteiger partial charge is 0.255 e. The number of nitrogens with one attached hydrogen (secondary N) is 2. The lowest BCUT2D eigenvalue weighted by Gasteiger charge is -2.47. The Morgan fingerprint density at radius 3 is 2.61 bits per heavy atom. The standard InChI is InChI=1S/C53H68N10O6/c1-5-44-53(67)61(3)47-32-57-50(34(2)17-24-45(47)63(44)39-14-8-9-15-39)58-42-23-18-36(30-48(42)68-4)43(60-54)31-56-38-21-19-37(20-22-38)55-27-29-69-28-10-6-7-12-35-13-11-16-40-41(35)33-62(52(40)66)46-25-26-49(64)59-51(46)65/h11,13,16,18,23-24,30-32,34,37-39,44,46,55H,5-6,8-10,14-15,17,19-22,25-29,33,54H2,1-4H3,(H,57,58)(H,59,64,65)/p+1/b45-24-,47-32+,56-31?,60-43+. The number of nitrogens with two attached hydrogens (primary N) is 2. The number of hydrazone groups is 1. The van der Waals surface area contributed by atoms with Crippen LogP contribution in [0.4, 0.5) is 5.69 Å². The molecule has 2 saturated carbocycles. The van der Waals surface area contributed by atoms with E-state index in [1.54, 1.807) is 29.2 Å². The minimum absolute atomic E-state index is 0.0925. The van der Waals surface area contributed by atoms with E-state index in [-0.39, 0.29) is 42.1 Å². The molecule has 2 aromatic carbocycles. The molecule has 4 amide bonds. The number of methoxy groups -OCH3 is 1. The van der Waals surface area contributed by atoms with Crippen LogP contribution in [-0.4, -0.2) is 120 Å². The summed E-state index contributed by atoms with van der Waals surface area (Å²) >= 11 is 0. The summed E-state index contributed by atoms with van der Waals surface area (Å²) < 4.78 is 11.8. The second kappa shape index (κ2) is 22.9. The molecule has 0 spiro atoms. The Balaban J connectivity index is 0.760. The second-order valence-corrected chi connectivity index (χ2v) is 19.1. The van der Waals surface area contributed by atoms with Crippen LogP contribution in [0.1, 0.15) is 131 Å². The molecule has 4 aliphatic heterocycles.